The largest absolute Gasteiger partial charge is 0.325 e. The summed E-state index contributed by atoms with van der Waals surface area (Å²) in [6, 6.07) is 17.9. The maximum Gasteiger partial charge on any atom is 0.160 e. The standard InChI is InChI=1S/C21H17F3N2O/c22-17-6-8-18(9-7-17)26-14-25(27-13-15-4-2-1-3-5-15)12-16-10-19(23)20(24)11-21(16)26/h1-11H,12-14H2. The van der Waals surface area contributed by atoms with E-state index in [1.54, 1.807) is 22.1 Å². The first kappa shape index (κ1) is 17.6. The smallest absolute Gasteiger partial charge is 0.160 e. The summed E-state index contributed by atoms with van der Waals surface area (Å²) in [6.45, 7) is 0.977. The van der Waals surface area contributed by atoms with Gasteiger partial charge in [-0.15, -0.1) is 0 Å². The van der Waals surface area contributed by atoms with Crippen molar-refractivity contribution in [3.63, 3.8) is 0 Å². The minimum Gasteiger partial charge on any atom is -0.325 e. The van der Waals surface area contributed by atoms with Gasteiger partial charge in [0.05, 0.1) is 25.5 Å². The van der Waals surface area contributed by atoms with Gasteiger partial charge in [-0.2, -0.15) is 5.06 Å². The molecule has 3 nitrogen and oxygen atoms in total. The Balaban J connectivity index is 1.63. The number of hydrogen-bond donors (Lipinski definition) is 0. The monoisotopic (exact) mass is 370 g/mol. The van der Waals surface area contributed by atoms with Crippen molar-refractivity contribution in [3.8, 4) is 0 Å². The predicted molar refractivity (Wildman–Crippen MR) is 96.5 cm³/mol. The Hall–Kier alpha value is -2.83. The Bertz CT molecular complexity index is 932. The van der Waals surface area contributed by atoms with E-state index in [4.69, 9.17) is 4.84 Å². The Morgan fingerprint density at radius 2 is 1.56 bits per heavy atom. The van der Waals surface area contributed by atoms with Crippen molar-refractivity contribution >= 4 is 11.4 Å². The van der Waals surface area contributed by atoms with Gasteiger partial charge in [-0.1, -0.05) is 30.3 Å². The Morgan fingerprint density at radius 3 is 2.30 bits per heavy atom. The maximum absolute atomic E-state index is 13.8. The van der Waals surface area contributed by atoms with Gasteiger partial charge in [0, 0.05) is 11.8 Å². The highest BCUT2D eigenvalue weighted by molar-refractivity contribution is 5.67. The van der Waals surface area contributed by atoms with E-state index in [1.165, 1.54) is 24.3 Å². The molecule has 3 aromatic rings. The number of halogens is 3. The molecule has 0 N–H and O–H groups in total. The van der Waals surface area contributed by atoms with E-state index in [-0.39, 0.29) is 5.82 Å². The van der Waals surface area contributed by atoms with Crippen molar-refractivity contribution < 1.29 is 18.0 Å². The molecule has 0 saturated heterocycles. The van der Waals surface area contributed by atoms with Crippen LogP contribution in [0.3, 0.4) is 0 Å². The van der Waals surface area contributed by atoms with Gasteiger partial charge in [0.15, 0.2) is 11.6 Å². The molecule has 0 unspecified atom stereocenters. The van der Waals surface area contributed by atoms with E-state index >= 15 is 0 Å². The molecule has 0 bridgehead atoms. The normalized spacial score (nSPS) is 14.3. The second-order valence-electron chi connectivity index (χ2n) is 6.34. The average molecular weight is 370 g/mol. The van der Waals surface area contributed by atoms with Crippen molar-refractivity contribution in [1.29, 1.82) is 0 Å². The van der Waals surface area contributed by atoms with Crippen LogP contribution in [0.2, 0.25) is 0 Å². The fourth-order valence-corrected chi connectivity index (χ4v) is 3.10. The first-order valence-electron chi connectivity index (χ1n) is 8.53. The topological polar surface area (TPSA) is 15.7 Å². The Kier molecular flexibility index (Phi) is 4.83. The van der Waals surface area contributed by atoms with Gasteiger partial charge >= 0.3 is 0 Å². The molecule has 0 aliphatic carbocycles. The molecular formula is C21H17F3N2O. The molecule has 0 atom stereocenters. The molecule has 0 spiro atoms. The zero-order valence-corrected chi connectivity index (χ0v) is 14.4. The van der Waals surface area contributed by atoms with Crippen LogP contribution in [0, 0.1) is 17.5 Å². The van der Waals surface area contributed by atoms with Gasteiger partial charge in [-0.25, -0.2) is 13.2 Å². The minimum atomic E-state index is -0.917. The van der Waals surface area contributed by atoms with E-state index < -0.39 is 11.6 Å². The number of fused-ring (bicyclic) bond motifs is 1. The highest BCUT2D eigenvalue weighted by Crippen LogP contribution is 2.35. The predicted octanol–water partition coefficient (Wildman–Crippen LogP) is 5.15. The first-order chi connectivity index (χ1) is 13.1. The molecule has 1 heterocycles. The zero-order valence-electron chi connectivity index (χ0n) is 14.4. The second kappa shape index (κ2) is 7.42. The molecule has 0 radical (unpaired) electrons. The summed E-state index contributed by atoms with van der Waals surface area (Å²) in [5.74, 6) is -2.18. The first-order valence-corrected chi connectivity index (χ1v) is 8.53. The van der Waals surface area contributed by atoms with Crippen LogP contribution in [-0.2, 0) is 18.0 Å². The lowest BCUT2D eigenvalue weighted by Gasteiger charge is -2.37. The third kappa shape index (κ3) is 3.82. The van der Waals surface area contributed by atoms with Crippen molar-refractivity contribution in [2.24, 2.45) is 0 Å². The molecule has 1 aliphatic rings. The molecule has 0 amide bonds. The summed E-state index contributed by atoms with van der Waals surface area (Å²) >= 11 is 0. The summed E-state index contributed by atoms with van der Waals surface area (Å²) in [5, 5.41) is 1.68. The van der Waals surface area contributed by atoms with Gasteiger partial charge in [0.2, 0.25) is 0 Å². The van der Waals surface area contributed by atoms with Crippen LogP contribution in [-0.4, -0.2) is 11.7 Å². The van der Waals surface area contributed by atoms with E-state index in [0.29, 0.717) is 36.8 Å². The fraction of sp³-hybridized carbons (Fsp3) is 0.143. The van der Waals surface area contributed by atoms with Gasteiger partial charge in [0.25, 0.3) is 0 Å². The highest BCUT2D eigenvalue weighted by Gasteiger charge is 2.26. The number of hydrogen-bond acceptors (Lipinski definition) is 3. The van der Waals surface area contributed by atoms with Gasteiger partial charge in [0.1, 0.15) is 5.82 Å². The van der Waals surface area contributed by atoms with Gasteiger partial charge in [-0.3, -0.25) is 4.84 Å². The van der Waals surface area contributed by atoms with E-state index in [0.717, 1.165) is 5.56 Å². The van der Waals surface area contributed by atoms with Crippen molar-refractivity contribution in [3.05, 3.63) is 95.3 Å². The summed E-state index contributed by atoms with van der Waals surface area (Å²) in [4.78, 5) is 7.64. The maximum atomic E-state index is 13.8. The zero-order chi connectivity index (χ0) is 18.8. The van der Waals surface area contributed by atoms with Gasteiger partial charge < -0.3 is 4.90 Å². The molecule has 27 heavy (non-hydrogen) atoms. The lowest BCUT2D eigenvalue weighted by Crippen LogP contribution is -2.39. The molecule has 3 aromatic carbocycles. The second-order valence-corrected chi connectivity index (χ2v) is 6.34. The third-order valence-electron chi connectivity index (χ3n) is 4.45. The SMILES string of the molecule is Fc1ccc(N2CN(OCc3ccccc3)Cc3cc(F)c(F)cc32)cc1. The lowest BCUT2D eigenvalue weighted by atomic mass is 10.1. The van der Waals surface area contributed by atoms with E-state index in [9.17, 15) is 13.2 Å². The molecule has 0 aromatic heterocycles. The molecule has 138 valence electrons. The number of nitrogens with zero attached hydrogens (tertiary/aromatic N) is 2. The molecule has 6 heteroatoms. The molecule has 4 rings (SSSR count). The minimum absolute atomic E-state index is 0.302. The highest BCUT2D eigenvalue weighted by atomic mass is 19.2. The Morgan fingerprint density at radius 1 is 0.852 bits per heavy atom. The molecule has 1 aliphatic heterocycles. The van der Waals surface area contributed by atoms with E-state index in [2.05, 4.69) is 0 Å². The number of hydroxylamine groups is 2. The average Bonchev–Trinajstić information content (AvgIpc) is 2.68. The molecular weight excluding hydrogens is 353 g/mol. The summed E-state index contributed by atoms with van der Waals surface area (Å²) in [7, 11) is 0. The number of rotatable bonds is 4. The van der Waals surface area contributed by atoms with Crippen LogP contribution < -0.4 is 4.90 Å². The lowest BCUT2D eigenvalue weighted by molar-refractivity contribution is -0.178. The Labute approximate surface area is 155 Å². The van der Waals surface area contributed by atoms with Crippen LogP contribution in [0.15, 0.2) is 66.7 Å². The van der Waals surface area contributed by atoms with Crippen LogP contribution in [0.25, 0.3) is 0 Å². The van der Waals surface area contributed by atoms with E-state index in [1.807, 2.05) is 30.3 Å². The summed E-state index contributed by atoms with van der Waals surface area (Å²) in [5.41, 5.74) is 2.80. The fourth-order valence-electron chi connectivity index (χ4n) is 3.10. The number of benzene rings is 3. The quantitative estimate of drug-likeness (QED) is 0.632. The van der Waals surface area contributed by atoms with Crippen molar-refractivity contribution in [1.82, 2.24) is 5.06 Å². The van der Waals surface area contributed by atoms with Crippen molar-refractivity contribution in [2.45, 2.75) is 13.2 Å². The van der Waals surface area contributed by atoms with Crippen LogP contribution in [0.5, 0.6) is 0 Å². The van der Waals surface area contributed by atoms with Crippen LogP contribution in [0.4, 0.5) is 24.5 Å². The summed E-state index contributed by atoms with van der Waals surface area (Å²) < 4.78 is 40.9. The number of anilines is 2. The van der Waals surface area contributed by atoms with Crippen molar-refractivity contribution in [2.75, 3.05) is 11.6 Å². The van der Waals surface area contributed by atoms with Gasteiger partial charge in [-0.05, 0) is 41.5 Å². The summed E-state index contributed by atoms with van der Waals surface area (Å²) in [6.07, 6.45) is 0. The molecule has 0 saturated carbocycles. The third-order valence-corrected chi connectivity index (χ3v) is 4.45. The molecule has 0 fully saturated rings. The van der Waals surface area contributed by atoms with Crippen LogP contribution in [0.1, 0.15) is 11.1 Å². The van der Waals surface area contributed by atoms with Crippen LogP contribution >= 0.6 is 0 Å².